The van der Waals surface area contributed by atoms with Gasteiger partial charge in [-0.3, -0.25) is 9.59 Å². The average Bonchev–Trinajstić information content (AvgIpc) is 3.14. The maximum Gasteiger partial charge on any atom is 0.261 e. The van der Waals surface area contributed by atoms with Gasteiger partial charge >= 0.3 is 0 Å². The van der Waals surface area contributed by atoms with Crippen LogP contribution < -0.4 is 5.32 Å². The third-order valence-corrected chi connectivity index (χ3v) is 4.01. The summed E-state index contributed by atoms with van der Waals surface area (Å²) in [5, 5.41) is 11.6. The second-order valence-corrected chi connectivity index (χ2v) is 5.92. The largest absolute Gasteiger partial charge is 0.395 e. The Bertz CT molecular complexity index is 468. The first-order valence-electron chi connectivity index (χ1n) is 6.37. The molecule has 6 heteroatoms. The number of hydrogen-bond acceptors (Lipinski definition) is 4. The topological polar surface area (TPSA) is 69.6 Å². The molecule has 0 spiro atoms. The van der Waals surface area contributed by atoms with E-state index in [9.17, 15) is 9.59 Å². The predicted molar refractivity (Wildman–Crippen MR) is 73.2 cm³/mol. The van der Waals surface area contributed by atoms with Gasteiger partial charge in [-0.25, -0.2) is 0 Å². The molecule has 1 aromatic rings. The number of amides is 2. The Balaban J connectivity index is 1.83. The van der Waals surface area contributed by atoms with Crippen LogP contribution in [-0.4, -0.2) is 47.6 Å². The highest BCUT2D eigenvalue weighted by Crippen LogP contribution is 2.26. The van der Waals surface area contributed by atoms with Crippen molar-refractivity contribution in [3.05, 3.63) is 21.9 Å². The van der Waals surface area contributed by atoms with E-state index in [1.54, 1.807) is 11.0 Å². The van der Waals surface area contributed by atoms with Crippen LogP contribution in [0.3, 0.4) is 0 Å². The third-order valence-electron chi connectivity index (χ3n) is 3.01. The van der Waals surface area contributed by atoms with Crippen molar-refractivity contribution in [2.24, 2.45) is 0 Å². The molecule has 0 aromatic carbocycles. The molecule has 2 N–H and O–H groups in total. The van der Waals surface area contributed by atoms with E-state index in [0.29, 0.717) is 11.4 Å². The number of rotatable bonds is 6. The molecule has 1 aliphatic rings. The van der Waals surface area contributed by atoms with E-state index in [4.69, 9.17) is 5.11 Å². The SMILES string of the molecule is Cc1ccc(C(=O)NCC(=O)N(CCO)C2CC2)s1. The summed E-state index contributed by atoms with van der Waals surface area (Å²) in [7, 11) is 0. The van der Waals surface area contributed by atoms with Gasteiger partial charge in [0.1, 0.15) is 0 Å². The molecule has 1 heterocycles. The lowest BCUT2D eigenvalue weighted by molar-refractivity contribution is -0.131. The number of nitrogens with one attached hydrogen (secondary N) is 1. The van der Waals surface area contributed by atoms with E-state index in [1.807, 2.05) is 13.0 Å². The number of carbonyl (C=O) groups is 2. The summed E-state index contributed by atoms with van der Waals surface area (Å²) in [4.78, 5) is 27.1. The average molecular weight is 282 g/mol. The van der Waals surface area contributed by atoms with Gasteiger partial charge in [0, 0.05) is 17.5 Å². The van der Waals surface area contributed by atoms with Crippen molar-refractivity contribution in [2.45, 2.75) is 25.8 Å². The minimum atomic E-state index is -0.216. The van der Waals surface area contributed by atoms with Crippen molar-refractivity contribution in [3.63, 3.8) is 0 Å². The van der Waals surface area contributed by atoms with Gasteiger partial charge in [0.15, 0.2) is 0 Å². The summed E-state index contributed by atoms with van der Waals surface area (Å²) < 4.78 is 0. The zero-order valence-corrected chi connectivity index (χ0v) is 11.7. The van der Waals surface area contributed by atoms with Gasteiger partial charge < -0.3 is 15.3 Å². The van der Waals surface area contributed by atoms with Crippen molar-refractivity contribution in [3.8, 4) is 0 Å². The summed E-state index contributed by atoms with van der Waals surface area (Å²) in [6.45, 7) is 2.23. The fraction of sp³-hybridized carbons (Fsp3) is 0.538. The van der Waals surface area contributed by atoms with Crippen molar-refractivity contribution >= 4 is 23.2 Å². The Hall–Kier alpha value is -1.40. The van der Waals surface area contributed by atoms with Gasteiger partial charge in [-0.15, -0.1) is 11.3 Å². The second-order valence-electron chi connectivity index (χ2n) is 4.63. The van der Waals surface area contributed by atoms with E-state index in [1.165, 1.54) is 11.3 Å². The first-order chi connectivity index (χ1) is 9.11. The molecule has 0 atom stereocenters. The number of carbonyl (C=O) groups excluding carboxylic acids is 2. The highest BCUT2D eigenvalue weighted by Gasteiger charge is 2.31. The number of hydrogen-bond donors (Lipinski definition) is 2. The molecule has 0 radical (unpaired) electrons. The molecule has 104 valence electrons. The van der Waals surface area contributed by atoms with Crippen molar-refractivity contribution < 1.29 is 14.7 Å². The molecule has 1 saturated carbocycles. The van der Waals surface area contributed by atoms with Gasteiger partial charge in [-0.1, -0.05) is 0 Å². The molecule has 0 aliphatic heterocycles. The highest BCUT2D eigenvalue weighted by atomic mass is 32.1. The van der Waals surface area contributed by atoms with Crippen LogP contribution in [0.2, 0.25) is 0 Å². The normalized spacial score (nSPS) is 14.2. The molecule has 0 bridgehead atoms. The lowest BCUT2D eigenvalue weighted by Gasteiger charge is -2.21. The molecule has 19 heavy (non-hydrogen) atoms. The molecule has 1 aromatic heterocycles. The van der Waals surface area contributed by atoms with Crippen LogP contribution in [0.25, 0.3) is 0 Å². The first-order valence-corrected chi connectivity index (χ1v) is 7.18. The molecule has 2 amide bonds. The van der Waals surface area contributed by atoms with E-state index < -0.39 is 0 Å². The minimum absolute atomic E-state index is 0.00766. The Morgan fingerprint density at radius 1 is 1.47 bits per heavy atom. The maximum atomic E-state index is 12.0. The smallest absolute Gasteiger partial charge is 0.261 e. The van der Waals surface area contributed by atoms with Crippen LogP contribution in [0.15, 0.2) is 12.1 Å². The monoisotopic (exact) mass is 282 g/mol. The quantitative estimate of drug-likeness (QED) is 0.809. The predicted octanol–water partition coefficient (Wildman–Crippen LogP) is 0.770. The summed E-state index contributed by atoms with van der Waals surface area (Å²) >= 11 is 1.41. The van der Waals surface area contributed by atoms with E-state index in [2.05, 4.69) is 5.32 Å². The lowest BCUT2D eigenvalue weighted by atomic mass is 10.4. The molecule has 1 aliphatic carbocycles. The Morgan fingerprint density at radius 3 is 2.74 bits per heavy atom. The van der Waals surface area contributed by atoms with Crippen LogP contribution in [-0.2, 0) is 4.79 Å². The van der Waals surface area contributed by atoms with Gasteiger partial charge in [0.05, 0.1) is 18.0 Å². The zero-order valence-electron chi connectivity index (χ0n) is 10.9. The Kier molecular flexibility index (Phi) is 4.55. The van der Waals surface area contributed by atoms with Crippen molar-refractivity contribution in [1.29, 1.82) is 0 Å². The van der Waals surface area contributed by atoms with Gasteiger partial charge in [-0.05, 0) is 31.9 Å². The van der Waals surface area contributed by atoms with Gasteiger partial charge in [0.2, 0.25) is 5.91 Å². The minimum Gasteiger partial charge on any atom is -0.395 e. The van der Waals surface area contributed by atoms with E-state index in [0.717, 1.165) is 17.7 Å². The first kappa shape index (κ1) is 14.0. The fourth-order valence-electron chi connectivity index (χ4n) is 1.91. The lowest BCUT2D eigenvalue weighted by Crippen LogP contribution is -2.42. The van der Waals surface area contributed by atoms with Crippen LogP contribution in [0.1, 0.15) is 27.4 Å². The molecule has 5 nitrogen and oxygen atoms in total. The summed E-state index contributed by atoms with van der Waals surface area (Å²) in [5.74, 6) is -0.343. The zero-order chi connectivity index (χ0) is 13.8. The van der Waals surface area contributed by atoms with Crippen LogP contribution >= 0.6 is 11.3 Å². The maximum absolute atomic E-state index is 12.0. The second kappa shape index (κ2) is 6.16. The number of aliphatic hydroxyl groups excluding tert-OH is 1. The molecule has 0 unspecified atom stereocenters. The Morgan fingerprint density at radius 2 is 2.21 bits per heavy atom. The summed E-state index contributed by atoms with van der Waals surface area (Å²) in [6, 6.07) is 3.89. The number of aliphatic hydroxyl groups is 1. The fourth-order valence-corrected chi connectivity index (χ4v) is 2.69. The highest BCUT2D eigenvalue weighted by molar-refractivity contribution is 7.13. The molecular weight excluding hydrogens is 264 g/mol. The van der Waals surface area contributed by atoms with Crippen molar-refractivity contribution in [2.75, 3.05) is 19.7 Å². The van der Waals surface area contributed by atoms with Crippen LogP contribution in [0, 0.1) is 6.92 Å². The van der Waals surface area contributed by atoms with Gasteiger partial charge in [0.25, 0.3) is 5.91 Å². The Labute approximate surface area is 116 Å². The molecular formula is C13H18N2O3S. The summed E-state index contributed by atoms with van der Waals surface area (Å²) in [5.41, 5.74) is 0. The third kappa shape index (κ3) is 3.78. The van der Waals surface area contributed by atoms with E-state index in [-0.39, 0.29) is 31.0 Å². The molecule has 0 saturated heterocycles. The number of nitrogens with zero attached hydrogens (tertiary/aromatic N) is 1. The number of thiophene rings is 1. The molecule has 2 rings (SSSR count). The standard InChI is InChI=1S/C13H18N2O3S/c1-9-2-5-11(19-9)13(18)14-8-12(17)15(6-7-16)10-3-4-10/h2,5,10,16H,3-4,6-8H2,1H3,(H,14,18). The van der Waals surface area contributed by atoms with Crippen LogP contribution in [0.4, 0.5) is 0 Å². The van der Waals surface area contributed by atoms with Gasteiger partial charge in [-0.2, -0.15) is 0 Å². The number of aryl methyl sites for hydroxylation is 1. The summed E-state index contributed by atoms with van der Waals surface area (Å²) in [6.07, 6.45) is 1.98. The molecule has 1 fully saturated rings. The van der Waals surface area contributed by atoms with Crippen molar-refractivity contribution in [1.82, 2.24) is 10.2 Å². The van der Waals surface area contributed by atoms with Crippen LogP contribution in [0.5, 0.6) is 0 Å². The van der Waals surface area contributed by atoms with E-state index >= 15 is 0 Å².